The molecule has 0 spiro atoms. The Morgan fingerprint density at radius 2 is 0.714 bits per heavy atom. The Kier molecular flexibility index (Phi) is 9.52. The van der Waals surface area contributed by atoms with Crippen molar-refractivity contribution in [3.8, 4) is 0 Å². The molecule has 0 aromatic rings. The summed E-state index contributed by atoms with van der Waals surface area (Å²) in [6, 6.07) is 0. The molecular formula is C13H15F6FeP+. The normalized spacial score (nSPS) is 23.4. The second-order valence-electron chi connectivity index (χ2n) is 4.08. The van der Waals surface area contributed by atoms with E-state index in [4.69, 9.17) is 0 Å². The van der Waals surface area contributed by atoms with Crippen molar-refractivity contribution in [3.63, 3.8) is 0 Å². The fourth-order valence-electron chi connectivity index (χ4n) is 0.958. The van der Waals surface area contributed by atoms with Crippen LogP contribution in [0.1, 0.15) is 13.8 Å². The third-order valence-corrected chi connectivity index (χ3v) is 1.77. The Balaban J connectivity index is 0. The predicted octanol–water partition coefficient (Wildman–Crippen LogP) is 6.41. The van der Waals surface area contributed by atoms with Crippen LogP contribution in [0.2, 0.25) is 0 Å². The molecule has 8 heteroatoms. The molecule has 0 aliphatic heterocycles. The van der Waals surface area contributed by atoms with E-state index in [2.05, 4.69) is 39.5 Å². The van der Waals surface area contributed by atoms with Gasteiger partial charge in [-0.2, -0.15) is 0 Å². The first-order valence-electron chi connectivity index (χ1n) is 5.50. The molecule has 121 valence electrons. The van der Waals surface area contributed by atoms with Gasteiger partial charge >= 0.3 is 50.1 Å². The van der Waals surface area contributed by atoms with Crippen molar-refractivity contribution in [2.75, 3.05) is 0 Å². The zero-order valence-corrected chi connectivity index (χ0v) is 13.3. The van der Waals surface area contributed by atoms with Gasteiger partial charge in [-0.25, -0.2) is 0 Å². The summed E-state index contributed by atoms with van der Waals surface area (Å²) in [5.41, 5.74) is 0. The van der Waals surface area contributed by atoms with Gasteiger partial charge in [0.25, 0.3) is 0 Å². The molecule has 0 N–H and O–H groups in total. The third-order valence-electron chi connectivity index (χ3n) is 1.77. The summed E-state index contributed by atoms with van der Waals surface area (Å²) in [7, 11) is -10.7. The van der Waals surface area contributed by atoms with Gasteiger partial charge in [-0.3, -0.25) is 0 Å². The molecule has 2 aliphatic carbocycles. The van der Waals surface area contributed by atoms with Gasteiger partial charge in [-0.15, -0.1) is 0 Å². The first kappa shape index (κ1) is 23.8. The molecule has 21 heavy (non-hydrogen) atoms. The minimum absolute atomic E-state index is 0. The molecule has 11 radical (unpaired) electrons. The number of hydrogen-bond donors (Lipinski definition) is 0. The monoisotopic (exact) mass is 372 g/mol. The first-order chi connectivity index (χ1) is 8.74. The van der Waals surface area contributed by atoms with Crippen LogP contribution in [0.25, 0.3) is 0 Å². The molecule has 0 unspecified atom stereocenters. The van der Waals surface area contributed by atoms with Crippen molar-refractivity contribution < 1.29 is 42.3 Å². The first-order valence-corrected chi connectivity index (χ1v) is 7.53. The summed E-state index contributed by atoms with van der Waals surface area (Å²) >= 11 is 0. The van der Waals surface area contributed by atoms with Gasteiger partial charge in [0.1, 0.15) is 0 Å². The summed E-state index contributed by atoms with van der Waals surface area (Å²) < 4.78 is 59.2. The summed E-state index contributed by atoms with van der Waals surface area (Å²) in [6.07, 6.45) is 18.5. The summed E-state index contributed by atoms with van der Waals surface area (Å²) in [4.78, 5) is 0. The van der Waals surface area contributed by atoms with Crippen LogP contribution in [0.15, 0.2) is 0 Å². The van der Waals surface area contributed by atoms with Crippen molar-refractivity contribution in [2.24, 2.45) is 0 Å². The van der Waals surface area contributed by atoms with E-state index in [1.807, 2.05) is 32.1 Å². The van der Waals surface area contributed by atoms with E-state index in [-0.39, 0.29) is 17.1 Å². The average molecular weight is 372 g/mol. The van der Waals surface area contributed by atoms with E-state index in [0.29, 0.717) is 0 Å². The molecule has 0 aromatic carbocycles. The van der Waals surface area contributed by atoms with Gasteiger partial charge in [0.2, 0.25) is 0 Å². The summed E-state index contributed by atoms with van der Waals surface area (Å²) in [5.74, 6) is 2.66. The average Bonchev–Trinajstić information content (AvgIpc) is 2.76. The molecule has 0 nitrogen and oxygen atoms in total. The maximum Gasteiger partial charge on any atom is 2.00 e. The van der Waals surface area contributed by atoms with Gasteiger partial charge in [0.15, 0.2) is 0 Å². The summed E-state index contributed by atoms with van der Waals surface area (Å²) in [5, 5.41) is 0. The topological polar surface area (TPSA) is 0 Å². The zero-order chi connectivity index (χ0) is 15.9. The second kappa shape index (κ2) is 8.40. The maximum atomic E-state index is 9.87. The Morgan fingerprint density at radius 3 is 0.857 bits per heavy atom. The molecule has 2 aliphatic rings. The molecule has 0 amide bonds. The van der Waals surface area contributed by atoms with Gasteiger partial charge in [-0.1, -0.05) is 13.8 Å². The number of hydrogen-bond acceptors (Lipinski definition) is 0. The predicted molar refractivity (Wildman–Crippen MR) is 70.1 cm³/mol. The van der Waals surface area contributed by atoms with E-state index < -0.39 is 7.81 Å². The van der Waals surface area contributed by atoms with Crippen molar-refractivity contribution >= 4 is 7.81 Å². The Hall–Kier alpha value is 0.529. The molecule has 0 bridgehead atoms. The van der Waals surface area contributed by atoms with E-state index in [1.165, 1.54) is 11.8 Å². The Morgan fingerprint density at radius 1 is 0.571 bits per heavy atom. The largest absolute Gasteiger partial charge is 2.00 e. The quantitative estimate of drug-likeness (QED) is 0.262. The van der Waals surface area contributed by atoms with Crippen molar-refractivity contribution in [1.29, 1.82) is 0 Å². The maximum absolute atomic E-state index is 10.7. The molecule has 0 atom stereocenters. The van der Waals surface area contributed by atoms with Gasteiger partial charge in [0, 0.05) is 0 Å². The SMILES string of the molecule is C[C]1[CH][CH][C](C)[CH][CH]1.F[P-](F)(F)(F)(F)F.[CH]1[CH][CH][CH][CH]1.[Fe+2]. The van der Waals surface area contributed by atoms with Crippen LogP contribution in [0, 0.1) is 69.6 Å². The van der Waals surface area contributed by atoms with Crippen LogP contribution in [0.5, 0.6) is 0 Å². The Bertz CT molecular complexity index is 235. The Labute approximate surface area is 134 Å². The van der Waals surface area contributed by atoms with E-state index in [9.17, 15) is 25.2 Å². The third kappa shape index (κ3) is 29.2. The van der Waals surface area contributed by atoms with E-state index in [0.717, 1.165) is 0 Å². The minimum atomic E-state index is -10.7. The molecule has 0 saturated heterocycles. The van der Waals surface area contributed by atoms with Crippen LogP contribution in [-0.2, 0) is 17.1 Å². The summed E-state index contributed by atoms with van der Waals surface area (Å²) in [6.45, 7) is 4.19. The molecule has 2 rings (SSSR count). The molecular weight excluding hydrogens is 357 g/mol. The molecule has 2 fully saturated rings. The molecule has 0 heterocycles. The molecule has 2 saturated carbocycles. The number of halogens is 6. The standard InChI is InChI=1S/C8H10.C5H5.F6P.Fe/c1-7-3-5-8(2)6-4-7;1-2-4-5-3-1;1-7(2,3,4,5)6;/h3-6H,1-2H3;1-5H;;/q;;-1;+2. The van der Waals surface area contributed by atoms with Crippen molar-refractivity contribution in [1.82, 2.24) is 0 Å². The smallest absolute Gasteiger partial charge is 0.0312 e. The van der Waals surface area contributed by atoms with Crippen molar-refractivity contribution in [2.45, 2.75) is 13.8 Å². The fourth-order valence-corrected chi connectivity index (χ4v) is 0.958. The van der Waals surface area contributed by atoms with E-state index >= 15 is 0 Å². The van der Waals surface area contributed by atoms with Crippen LogP contribution in [0.4, 0.5) is 25.2 Å². The van der Waals surface area contributed by atoms with Gasteiger partial charge < -0.3 is 0 Å². The number of rotatable bonds is 0. The van der Waals surface area contributed by atoms with Gasteiger partial charge in [0.05, 0.1) is 0 Å². The van der Waals surface area contributed by atoms with Crippen LogP contribution in [-0.4, -0.2) is 0 Å². The fraction of sp³-hybridized carbons (Fsp3) is 0.154. The van der Waals surface area contributed by atoms with Gasteiger partial charge in [-0.05, 0) is 69.6 Å². The van der Waals surface area contributed by atoms with Crippen LogP contribution >= 0.6 is 7.81 Å². The van der Waals surface area contributed by atoms with E-state index in [1.54, 1.807) is 0 Å². The minimum Gasteiger partial charge on any atom is -0.0312 e. The van der Waals surface area contributed by atoms with Crippen LogP contribution in [0.3, 0.4) is 0 Å². The zero-order valence-electron chi connectivity index (χ0n) is 11.3. The second-order valence-corrected chi connectivity index (χ2v) is 5.99. The van der Waals surface area contributed by atoms with Crippen LogP contribution < -0.4 is 0 Å². The molecule has 0 aromatic heterocycles. The van der Waals surface area contributed by atoms with Crippen molar-refractivity contribution in [3.05, 3.63) is 69.6 Å².